The van der Waals surface area contributed by atoms with E-state index < -0.39 is 0 Å². The van der Waals surface area contributed by atoms with E-state index in [1.165, 1.54) is 12.7 Å². The summed E-state index contributed by atoms with van der Waals surface area (Å²) in [6.07, 6.45) is 3.07. The molecule has 0 aliphatic rings. The number of amides is 1. The Morgan fingerprint density at radius 1 is 1.38 bits per heavy atom. The Morgan fingerprint density at radius 3 is 2.62 bits per heavy atom. The van der Waals surface area contributed by atoms with E-state index >= 15 is 0 Å². The second-order valence-corrected chi connectivity index (χ2v) is 5.45. The predicted molar refractivity (Wildman–Crippen MR) is 79.5 cm³/mol. The van der Waals surface area contributed by atoms with Crippen molar-refractivity contribution in [1.29, 1.82) is 0 Å². The number of aromatic nitrogens is 3. The highest BCUT2D eigenvalue weighted by Crippen LogP contribution is 2.20. The van der Waals surface area contributed by atoms with Crippen molar-refractivity contribution in [3.05, 3.63) is 41.4 Å². The SMILES string of the molecule is CC(C)C(CO)NC(=O)c1cc(-n2cnnc2)ccc1Cl. The molecule has 21 heavy (non-hydrogen) atoms. The minimum atomic E-state index is -0.317. The monoisotopic (exact) mass is 308 g/mol. The lowest BCUT2D eigenvalue weighted by molar-refractivity contribution is 0.0897. The van der Waals surface area contributed by atoms with E-state index in [1.807, 2.05) is 13.8 Å². The van der Waals surface area contributed by atoms with Crippen LogP contribution in [0, 0.1) is 5.92 Å². The molecule has 2 N–H and O–H groups in total. The summed E-state index contributed by atoms with van der Waals surface area (Å²) < 4.78 is 1.68. The summed E-state index contributed by atoms with van der Waals surface area (Å²) in [5.41, 5.74) is 1.08. The molecule has 0 aliphatic carbocycles. The van der Waals surface area contributed by atoms with Gasteiger partial charge in [0.25, 0.3) is 5.91 Å². The Labute approximate surface area is 127 Å². The molecule has 0 saturated carbocycles. The van der Waals surface area contributed by atoms with Gasteiger partial charge in [-0.05, 0) is 24.1 Å². The average molecular weight is 309 g/mol. The number of benzene rings is 1. The van der Waals surface area contributed by atoms with Gasteiger partial charge in [-0.1, -0.05) is 25.4 Å². The second kappa shape index (κ2) is 6.69. The number of nitrogens with one attached hydrogen (secondary N) is 1. The van der Waals surface area contributed by atoms with E-state index in [4.69, 9.17) is 11.6 Å². The molecule has 0 fully saturated rings. The van der Waals surface area contributed by atoms with E-state index in [0.717, 1.165) is 5.69 Å². The second-order valence-electron chi connectivity index (χ2n) is 5.04. The molecule has 1 aromatic heterocycles. The van der Waals surface area contributed by atoms with Gasteiger partial charge in [0, 0.05) is 5.69 Å². The summed E-state index contributed by atoms with van der Waals surface area (Å²) >= 11 is 6.09. The maximum absolute atomic E-state index is 12.3. The molecular formula is C14H17ClN4O2. The first kappa shape index (κ1) is 15.5. The Hall–Kier alpha value is -1.92. The van der Waals surface area contributed by atoms with Gasteiger partial charge in [0.05, 0.1) is 23.2 Å². The molecule has 1 amide bonds. The van der Waals surface area contributed by atoms with Crippen LogP contribution in [0.15, 0.2) is 30.9 Å². The number of aliphatic hydroxyl groups excluding tert-OH is 1. The quantitative estimate of drug-likeness (QED) is 0.880. The molecule has 2 aromatic rings. The first-order valence-electron chi connectivity index (χ1n) is 6.59. The van der Waals surface area contributed by atoms with Crippen molar-refractivity contribution in [1.82, 2.24) is 20.1 Å². The lowest BCUT2D eigenvalue weighted by Crippen LogP contribution is -2.41. The number of hydrogen-bond donors (Lipinski definition) is 2. The largest absolute Gasteiger partial charge is 0.394 e. The van der Waals surface area contributed by atoms with Crippen LogP contribution in [0.1, 0.15) is 24.2 Å². The van der Waals surface area contributed by atoms with Crippen LogP contribution >= 0.6 is 11.6 Å². The molecule has 1 atom stereocenters. The zero-order chi connectivity index (χ0) is 15.4. The number of nitrogens with zero attached hydrogens (tertiary/aromatic N) is 3. The van der Waals surface area contributed by atoms with Gasteiger partial charge in [-0.25, -0.2) is 0 Å². The number of aliphatic hydroxyl groups is 1. The third-order valence-corrected chi connectivity index (χ3v) is 3.56. The standard InChI is InChI=1S/C14H17ClN4O2/c1-9(2)13(6-20)18-14(21)11-5-10(3-4-12(11)15)19-7-16-17-8-19/h3-5,7-9,13,20H,6H2,1-2H3,(H,18,21). The van der Waals surface area contributed by atoms with Crippen LogP contribution in [0.4, 0.5) is 0 Å². The van der Waals surface area contributed by atoms with E-state index in [9.17, 15) is 9.90 Å². The molecule has 1 heterocycles. The van der Waals surface area contributed by atoms with Crippen LogP contribution in [-0.4, -0.2) is 38.4 Å². The summed E-state index contributed by atoms with van der Waals surface area (Å²) in [4.78, 5) is 12.3. The van der Waals surface area contributed by atoms with Gasteiger partial charge in [0.1, 0.15) is 12.7 Å². The number of carbonyl (C=O) groups excluding carboxylic acids is 1. The molecular weight excluding hydrogens is 292 g/mol. The first-order valence-corrected chi connectivity index (χ1v) is 6.97. The summed E-state index contributed by atoms with van der Waals surface area (Å²) in [6.45, 7) is 3.73. The summed E-state index contributed by atoms with van der Waals surface area (Å²) in [5, 5.41) is 19.9. The number of halogens is 1. The van der Waals surface area contributed by atoms with Crippen LogP contribution in [0.3, 0.4) is 0 Å². The van der Waals surface area contributed by atoms with Gasteiger partial charge in [0.2, 0.25) is 0 Å². The Bertz CT molecular complexity index is 613. The summed E-state index contributed by atoms with van der Waals surface area (Å²) in [7, 11) is 0. The smallest absolute Gasteiger partial charge is 0.253 e. The fraction of sp³-hybridized carbons (Fsp3) is 0.357. The van der Waals surface area contributed by atoms with Crippen molar-refractivity contribution >= 4 is 17.5 Å². The van der Waals surface area contributed by atoms with E-state index in [0.29, 0.717) is 10.6 Å². The highest BCUT2D eigenvalue weighted by molar-refractivity contribution is 6.33. The molecule has 0 aliphatic heterocycles. The van der Waals surface area contributed by atoms with Crippen LogP contribution < -0.4 is 5.32 Å². The van der Waals surface area contributed by atoms with Gasteiger partial charge in [-0.3, -0.25) is 9.36 Å². The lowest BCUT2D eigenvalue weighted by atomic mass is 10.0. The Kier molecular flexibility index (Phi) is 4.93. The molecule has 0 bridgehead atoms. The van der Waals surface area contributed by atoms with Crippen molar-refractivity contribution < 1.29 is 9.90 Å². The number of carbonyl (C=O) groups is 1. The van der Waals surface area contributed by atoms with Crippen molar-refractivity contribution in [3.63, 3.8) is 0 Å². The topological polar surface area (TPSA) is 80.0 Å². The maximum atomic E-state index is 12.3. The molecule has 112 valence electrons. The van der Waals surface area contributed by atoms with Crippen molar-refractivity contribution in [2.24, 2.45) is 5.92 Å². The highest BCUT2D eigenvalue weighted by Gasteiger charge is 2.18. The van der Waals surface area contributed by atoms with Crippen molar-refractivity contribution in [3.8, 4) is 5.69 Å². The van der Waals surface area contributed by atoms with Crippen LogP contribution in [0.5, 0.6) is 0 Å². The molecule has 0 radical (unpaired) electrons. The Morgan fingerprint density at radius 2 is 2.05 bits per heavy atom. The zero-order valence-electron chi connectivity index (χ0n) is 11.8. The third kappa shape index (κ3) is 3.59. The average Bonchev–Trinajstić information content (AvgIpc) is 2.98. The molecule has 1 unspecified atom stereocenters. The highest BCUT2D eigenvalue weighted by atomic mass is 35.5. The normalized spacial score (nSPS) is 12.4. The number of hydrogen-bond acceptors (Lipinski definition) is 4. The molecule has 7 heteroatoms. The van der Waals surface area contributed by atoms with E-state index in [-0.39, 0.29) is 24.5 Å². The molecule has 0 spiro atoms. The Balaban J connectivity index is 2.26. The fourth-order valence-corrected chi connectivity index (χ4v) is 2.05. The maximum Gasteiger partial charge on any atom is 0.253 e. The van der Waals surface area contributed by atoms with Gasteiger partial charge in [0.15, 0.2) is 0 Å². The van der Waals surface area contributed by atoms with Gasteiger partial charge < -0.3 is 10.4 Å². The first-order chi connectivity index (χ1) is 10.0. The van der Waals surface area contributed by atoms with E-state index in [1.54, 1.807) is 22.8 Å². The lowest BCUT2D eigenvalue weighted by Gasteiger charge is -2.20. The zero-order valence-corrected chi connectivity index (χ0v) is 12.6. The third-order valence-electron chi connectivity index (χ3n) is 3.23. The minimum absolute atomic E-state index is 0.119. The van der Waals surface area contributed by atoms with Crippen molar-refractivity contribution in [2.75, 3.05) is 6.61 Å². The minimum Gasteiger partial charge on any atom is -0.394 e. The molecule has 0 saturated heterocycles. The fourth-order valence-electron chi connectivity index (χ4n) is 1.85. The van der Waals surface area contributed by atoms with Crippen LogP contribution in [0.25, 0.3) is 5.69 Å². The van der Waals surface area contributed by atoms with Gasteiger partial charge in [-0.2, -0.15) is 0 Å². The van der Waals surface area contributed by atoms with Crippen LogP contribution in [-0.2, 0) is 0 Å². The molecule has 1 aromatic carbocycles. The predicted octanol–water partition coefficient (Wildman–Crippen LogP) is 1.67. The molecule has 6 nitrogen and oxygen atoms in total. The van der Waals surface area contributed by atoms with Crippen LogP contribution in [0.2, 0.25) is 5.02 Å². The van der Waals surface area contributed by atoms with Gasteiger partial charge >= 0.3 is 0 Å². The summed E-state index contributed by atoms with van der Waals surface area (Å²) in [6, 6.07) is 4.77. The van der Waals surface area contributed by atoms with Gasteiger partial charge in [-0.15, -0.1) is 10.2 Å². The molecule has 2 rings (SSSR count). The van der Waals surface area contributed by atoms with E-state index in [2.05, 4.69) is 15.5 Å². The van der Waals surface area contributed by atoms with Crippen molar-refractivity contribution in [2.45, 2.75) is 19.9 Å². The number of rotatable bonds is 5. The summed E-state index contributed by atoms with van der Waals surface area (Å²) in [5.74, 6) is -0.193.